The summed E-state index contributed by atoms with van der Waals surface area (Å²) in [5.74, 6) is 0.703. The zero-order valence-corrected chi connectivity index (χ0v) is 12.5. The van der Waals surface area contributed by atoms with Gasteiger partial charge in [-0.25, -0.2) is 0 Å². The van der Waals surface area contributed by atoms with Gasteiger partial charge in [0.2, 0.25) is 0 Å². The van der Waals surface area contributed by atoms with E-state index in [1.165, 1.54) is 0 Å². The van der Waals surface area contributed by atoms with Gasteiger partial charge in [-0.15, -0.1) is 0 Å². The third-order valence-electron chi connectivity index (χ3n) is 2.50. The molecule has 0 saturated heterocycles. The van der Waals surface area contributed by atoms with Crippen molar-refractivity contribution in [2.45, 2.75) is 0 Å². The zero-order valence-electron chi connectivity index (χ0n) is 12.5. The summed E-state index contributed by atoms with van der Waals surface area (Å²) in [7, 11) is 0. The molecule has 0 amide bonds. The summed E-state index contributed by atoms with van der Waals surface area (Å²) in [4.78, 5) is 2.71. The van der Waals surface area contributed by atoms with Crippen molar-refractivity contribution in [3.63, 3.8) is 0 Å². The van der Waals surface area contributed by atoms with Gasteiger partial charge in [-0.1, -0.05) is 5.11 Å². The number of hydrogen-bond donors (Lipinski definition) is 1. The molecular formula is C14H22N4O4. The summed E-state index contributed by atoms with van der Waals surface area (Å²) < 4.78 is 21.3. The van der Waals surface area contributed by atoms with E-state index >= 15 is 0 Å². The van der Waals surface area contributed by atoms with Crippen LogP contribution in [0.25, 0.3) is 10.4 Å². The Morgan fingerprint density at radius 3 is 1.95 bits per heavy atom. The molecule has 0 aromatic heterocycles. The molecule has 0 aliphatic rings. The van der Waals surface area contributed by atoms with E-state index in [9.17, 15) is 0 Å². The highest BCUT2D eigenvalue weighted by Gasteiger charge is 1.95. The quantitative estimate of drug-likeness (QED) is 0.259. The standard InChI is InChI=1S/C14H22N4O4/c15-5-6-19-7-8-20-9-10-21-11-12-22-14-3-1-13(2-4-14)17-18-16/h1-4H,5-12,15H2. The Kier molecular flexibility index (Phi) is 10.7. The van der Waals surface area contributed by atoms with Crippen LogP contribution >= 0.6 is 0 Å². The molecule has 1 aromatic rings. The second-order valence-corrected chi connectivity index (χ2v) is 4.16. The van der Waals surface area contributed by atoms with Gasteiger partial charge in [0.25, 0.3) is 0 Å². The lowest BCUT2D eigenvalue weighted by molar-refractivity contribution is 0.0106. The van der Waals surface area contributed by atoms with E-state index in [1.54, 1.807) is 24.3 Å². The minimum atomic E-state index is 0.445. The van der Waals surface area contributed by atoms with Crippen LogP contribution in [0.2, 0.25) is 0 Å². The molecule has 0 aliphatic heterocycles. The van der Waals surface area contributed by atoms with Crippen LogP contribution in [0.4, 0.5) is 5.69 Å². The molecule has 0 unspecified atom stereocenters. The van der Waals surface area contributed by atoms with Gasteiger partial charge >= 0.3 is 0 Å². The first-order valence-electron chi connectivity index (χ1n) is 7.08. The fourth-order valence-corrected chi connectivity index (χ4v) is 1.50. The molecule has 0 atom stereocenters. The van der Waals surface area contributed by atoms with E-state index in [0.717, 1.165) is 0 Å². The predicted molar refractivity (Wildman–Crippen MR) is 82.3 cm³/mol. The first-order chi connectivity index (χ1) is 10.9. The van der Waals surface area contributed by atoms with Crippen LogP contribution in [0.1, 0.15) is 0 Å². The second-order valence-electron chi connectivity index (χ2n) is 4.16. The number of benzene rings is 1. The Morgan fingerprint density at radius 1 is 0.864 bits per heavy atom. The van der Waals surface area contributed by atoms with Gasteiger partial charge in [0.15, 0.2) is 0 Å². The molecule has 0 bridgehead atoms. The maximum Gasteiger partial charge on any atom is 0.119 e. The number of ether oxygens (including phenoxy) is 4. The normalized spacial score (nSPS) is 10.2. The molecule has 2 N–H and O–H groups in total. The molecular weight excluding hydrogens is 288 g/mol. The zero-order chi connectivity index (χ0) is 15.9. The molecule has 0 heterocycles. The number of nitrogens with two attached hydrogens (primary N) is 1. The Balaban J connectivity index is 1.94. The summed E-state index contributed by atoms with van der Waals surface area (Å²) in [5.41, 5.74) is 14.1. The SMILES string of the molecule is [N-]=[N+]=Nc1ccc(OCCOCCOCCOCCN)cc1. The molecule has 0 aliphatic carbocycles. The van der Waals surface area contributed by atoms with E-state index in [1.807, 2.05) is 0 Å². The number of azide groups is 1. The van der Waals surface area contributed by atoms with Crippen LogP contribution in [0.3, 0.4) is 0 Å². The highest BCUT2D eigenvalue weighted by Crippen LogP contribution is 2.17. The number of hydrogen-bond acceptors (Lipinski definition) is 6. The Hall–Kier alpha value is -1.83. The van der Waals surface area contributed by atoms with Crippen molar-refractivity contribution in [2.24, 2.45) is 10.8 Å². The molecule has 1 rings (SSSR count). The minimum Gasteiger partial charge on any atom is -0.491 e. The molecule has 8 nitrogen and oxygen atoms in total. The largest absolute Gasteiger partial charge is 0.491 e. The smallest absolute Gasteiger partial charge is 0.119 e. The van der Waals surface area contributed by atoms with E-state index in [4.69, 9.17) is 30.2 Å². The van der Waals surface area contributed by atoms with Crippen LogP contribution in [0, 0.1) is 0 Å². The lowest BCUT2D eigenvalue weighted by atomic mass is 10.3. The summed E-state index contributed by atoms with van der Waals surface area (Å²) in [5, 5.41) is 3.48. The first-order valence-corrected chi connectivity index (χ1v) is 7.08. The summed E-state index contributed by atoms with van der Waals surface area (Å²) >= 11 is 0. The van der Waals surface area contributed by atoms with Crippen molar-refractivity contribution in [1.82, 2.24) is 0 Å². The van der Waals surface area contributed by atoms with Crippen molar-refractivity contribution in [3.05, 3.63) is 34.7 Å². The molecule has 1 aromatic carbocycles. The van der Waals surface area contributed by atoms with Crippen molar-refractivity contribution in [2.75, 3.05) is 52.8 Å². The maximum absolute atomic E-state index is 8.29. The molecule has 0 saturated carbocycles. The molecule has 0 fully saturated rings. The monoisotopic (exact) mass is 310 g/mol. The average Bonchev–Trinajstić information content (AvgIpc) is 2.54. The van der Waals surface area contributed by atoms with Crippen LogP contribution < -0.4 is 10.5 Å². The fourth-order valence-electron chi connectivity index (χ4n) is 1.50. The van der Waals surface area contributed by atoms with Gasteiger partial charge in [0, 0.05) is 17.1 Å². The Morgan fingerprint density at radius 2 is 1.41 bits per heavy atom. The maximum atomic E-state index is 8.29. The number of nitrogens with zero attached hydrogens (tertiary/aromatic N) is 3. The van der Waals surface area contributed by atoms with Gasteiger partial charge in [-0.2, -0.15) is 0 Å². The molecule has 22 heavy (non-hydrogen) atoms. The summed E-state index contributed by atoms with van der Waals surface area (Å²) in [6, 6.07) is 6.87. The second kappa shape index (κ2) is 12.9. The Labute approximate surface area is 129 Å². The van der Waals surface area contributed by atoms with E-state index in [-0.39, 0.29) is 0 Å². The predicted octanol–water partition coefficient (Wildman–Crippen LogP) is 2.02. The summed E-state index contributed by atoms with van der Waals surface area (Å²) in [6.45, 7) is 4.12. The minimum absolute atomic E-state index is 0.445. The van der Waals surface area contributed by atoms with Crippen LogP contribution in [0.15, 0.2) is 29.4 Å². The third kappa shape index (κ3) is 9.17. The fraction of sp³-hybridized carbons (Fsp3) is 0.571. The highest BCUT2D eigenvalue weighted by atomic mass is 16.6. The molecule has 0 spiro atoms. The molecule has 8 heteroatoms. The Bertz CT molecular complexity index is 435. The van der Waals surface area contributed by atoms with Gasteiger partial charge in [-0.05, 0) is 29.8 Å². The van der Waals surface area contributed by atoms with E-state index < -0.39 is 0 Å². The molecule has 0 radical (unpaired) electrons. The molecule has 122 valence electrons. The van der Waals surface area contributed by atoms with Crippen molar-refractivity contribution in [1.29, 1.82) is 0 Å². The van der Waals surface area contributed by atoms with Crippen molar-refractivity contribution < 1.29 is 18.9 Å². The number of rotatable bonds is 13. The van der Waals surface area contributed by atoms with Crippen LogP contribution in [0.5, 0.6) is 5.75 Å². The van der Waals surface area contributed by atoms with Crippen LogP contribution in [-0.4, -0.2) is 52.8 Å². The van der Waals surface area contributed by atoms with Crippen molar-refractivity contribution in [3.8, 4) is 5.75 Å². The van der Waals surface area contributed by atoms with Gasteiger partial charge in [-0.3, -0.25) is 0 Å². The van der Waals surface area contributed by atoms with Crippen molar-refractivity contribution >= 4 is 5.69 Å². The average molecular weight is 310 g/mol. The van der Waals surface area contributed by atoms with Crippen LogP contribution in [-0.2, 0) is 14.2 Å². The lowest BCUT2D eigenvalue weighted by Gasteiger charge is -2.08. The lowest BCUT2D eigenvalue weighted by Crippen LogP contribution is -2.14. The van der Waals surface area contributed by atoms with E-state index in [2.05, 4.69) is 10.0 Å². The van der Waals surface area contributed by atoms with Gasteiger partial charge in [0.05, 0.1) is 39.6 Å². The topological polar surface area (TPSA) is 112 Å². The van der Waals surface area contributed by atoms with E-state index in [0.29, 0.717) is 64.2 Å². The third-order valence-corrected chi connectivity index (χ3v) is 2.50. The summed E-state index contributed by atoms with van der Waals surface area (Å²) in [6.07, 6.45) is 0. The first kappa shape index (κ1) is 18.2. The highest BCUT2D eigenvalue weighted by molar-refractivity contribution is 5.40. The van der Waals surface area contributed by atoms with Gasteiger partial charge in [0.1, 0.15) is 12.4 Å². The van der Waals surface area contributed by atoms with Gasteiger partial charge < -0.3 is 24.7 Å².